The van der Waals surface area contributed by atoms with Gasteiger partial charge < -0.3 is 10.1 Å². The number of para-hydroxylation sites is 1. The summed E-state index contributed by atoms with van der Waals surface area (Å²) in [5.41, 5.74) is 4.01. The first kappa shape index (κ1) is 17.8. The molecule has 0 heterocycles. The van der Waals surface area contributed by atoms with Crippen LogP contribution in [0.1, 0.15) is 49.4 Å². The van der Waals surface area contributed by atoms with Crippen LogP contribution in [0.15, 0.2) is 42.5 Å². The van der Waals surface area contributed by atoms with Crippen LogP contribution in [0, 0.1) is 0 Å². The number of hydrogen-bond donors (Lipinski definition) is 1. The van der Waals surface area contributed by atoms with Crippen LogP contribution < -0.4 is 10.1 Å². The fourth-order valence-corrected chi connectivity index (χ4v) is 3.40. The first-order chi connectivity index (χ1) is 12.0. The molecule has 0 saturated carbocycles. The fraction of sp³-hybridized carbons (Fsp3) is 0.381. The molecular weight excluding hydrogens is 334 g/mol. The minimum atomic E-state index is -0.611. The molecule has 2 atom stereocenters. The molecule has 1 aliphatic carbocycles. The number of ether oxygens (including phenoxy) is 1. The van der Waals surface area contributed by atoms with Gasteiger partial charge in [0, 0.05) is 0 Å². The van der Waals surface area contributed by atoms with Crippen molar-refractivity contribution in [2.45, 2.75) is 51.7 Å². The average Bonchev–Trinajstić information content (AvgIpc) is 2.63. The predicted octanol–water partition coefficient (Wildman–Crippen LogP) is 4.86. The third kappa shape index (κ3) is 4.35. The lowest BCUT2D eigenvalue weighted by molar-refractivity contribution is -0.127. The van der Waals surface area contributed by atoms with Gasteiger partial charge in [0.2, 0.25) is 0 Å². The van der Waals surface area contributed by atoms with Crippen LogP contribution in [0.4, 0.5) is 0 Å². The van der Waals surface area contributed by atoms with Crippen molar-refractivity contribution in [1.82, 2.24) is 5.32 Å². The highest BCUT2D eigenvalue weighted by Crippen LogP contribution is 2.26. The van der Waals surface area contributed by atoms with E-state index in [9.17, 15) is 4.79 Å². The van der Waals surface area contributed by atoms with E-state index in [1.165, 1.54) is 30.4 Å². The second kappa shape index (κ2) is 7.92. The van der Waals surface area contributed by atoms with Crippen molar-refractivity contribution in [1.29, 1.82) is 0 Å². The second-order valence-electron chi connectivity index (χ2n) is 6.66. The first-order valence-corrected chi connectivity index (χ1v) is 9.25. The molecule has 1 N–H and O–H groups in total. The Balaban J connectivity index is 1.63. The summed E-state index contributed by atoms with van der Waals surface area (Å²) in [6.45, 7) is 3.74. The van der Waals surface area contributed by atoms with Crippen LogP contribution in [0.5, 0.6) is 5.75 Å². The summed E-state index contributed by atoms with van der Waals surface area (Å²) in [5.74, 6) is 0.374. The van der Waals surface area contributed by atoms with Crippen LogP contribution >= 0.6 is 11.6 Å². The summed E-state index contributed by atoms with van der Waals surface area (Å²) >= 11 is 6.09. The van der Waals surface area contributed by atoms with E-state index in [0.717, 1.165) is 12.0 Å². The lowest BCUT2D eigenvalue weighted by atomic mass is 9.89. The molecule has 0 spiro atoms. The van der Waals surface area contributed by atoms with Gasteiger partial charge in [0.1, 0.15) is 5.75 Å². The molecule has 132 valence electrons. The summed E-state index contributed by atoms with van der Waals surface area (Å²) in [4.78, 5) is 12.5. The Morgan fingerprint density at radius 3 is 2.56 bits per heavy atom. The third-order valence-electron chi connectivity index (χ3n) is 4.74. The van der Waals surface area contributed by atoms with Crippen molar-refractivity contribution in [3.63, 3.8) is 0 Å². The van der Waals surface area contributed by atoms with E-state index in [2.05, 4.69) is 23.5 Å². The van der Waals surface area contributed by atoms with Crippen molar-refractivity contribution >= 4 is 17.5 Å². The molecule has 4 heteroatoms. The molecule has 0 saturated heterocycles. The van der Waals surface area contributed by atoms with Gasteiger partial charge in [-0.15, -0.1) is 0 Å². The normalized spacial score (nSPS) is 15.8. The molecule has 25 heavy (non-hydrogen) atoms. The molecular formula is C21H24ClNO2. The first-order valence-electron chi connectivity index (χ1n) is 8.88. The zero-order valence-electron chi connectivity index (χ0n) is 14.7. The molecule has 3 nitrogen and oxygen atoms in total. The molecule has 2 unspecified atom stereocenters. The van der Waals surface area contributed by atoms with E-state index in [1.54, 1.807) is 19.1 Å². The fourth-order valence-electron chi connectivity index (χ4n) is 3.22. The van der Waals surface area contributed by atoms with Gasteiger partial charge in [-0.1, -0.05) is 41.9 Å². The Labute approximate surface area is 154 Å². The van der Waals surface area contributed by atoms with E-state index in [1.807, 2.05) is 19.1 Å². The zero-order valence-corrected chi connectivity index (χ0v) is 15.5. The Morgan fingerprint density at radius 1 is 1.08 bits per heavy atom. The SMILES string of the molecule is CC(Oc1ccccc1Cl)C(=O)NC(C)c1ccc2c(c1)CCCC2. The summed E-state index contributed by atoms with van der Waals surface area (Å²) in [7, 11) is 0. The van der Waals surface area contributed by atoms with E-state index in [0.29, 0.717) is 10.8 Å². The van der Waals surface area contributed by atoms with Crippen molar-refractivity contribution in [2.75, 3.05) is 0 Å². The molecule has 3 rings (SSSR count). The molecule has 0 bridgehead atoms. The van der Waals surface area contributed by atoms with E-state index < -0.39 is 6.10 Å². The van der Waals surface area contributed by atoms with Crippen LogP contribution in [-0.4, -0.2) is 12.0 Å². The predicted molar refractivity (Wildman–Crippen MR) is 101 cm³/mol. The summed E-state index contributed by atoms with van der Waals surface area (Å²) in [6, 6.07) is 13.7. The molecule has 2 aromatic rings. The third-order valence-corrected chi connectivity index (χ3v) is 5.05. The smallest absolute Gasteiger partial charge is 0.261 e. The number of fused-ring (bicyclic) bond motifs is 1. The molecule has 0 fully saturated rings. The molecule has 0 aromatic heterocycles. The van der Waals surface area contributed by atoms with Gasteiger partial charge in [-0.3, -0.25) is 4.79 Å². The highest BCUT2D eigenvalue weighted by molar-refractivity contribution is 6.32. The van der Waals surface area contributed by atoms with E-state index in [4.69, 9.17) is 16.3 Å². The topological polar surface area (TPSA) is 38.3 Å². The Morgan fingerprint density at radius 2 is 1.80 bits per heavy atom. The minimum absolute atomic E-state index is 0.0583. The van der Waals surface area contributed by atoms with Crippen molar-refractivity contribution in [3.8, 4) is 5.75 Å². The van der Waals surface area contributed by atoms with Crippen LogP contribution in [-0.2, 0) is 17.6 Å². The Kier molecular flexibility index (Phi) is 5.64. The van der Waals surface area contributed by atoms with Crippen molar-refractivity contribution < 1.29 is 9.53 Å². The van der Waals surface area contributed by atoms with Crippen LogP contribution in [0.3, 0.4) is 0 Å². The van der Waals surface area contributed by atoms with Crippen molar-refractivity contribution in [2.24, 2.45) is 0 Å². The second-order valence-corrected chi connectivity index (χ2v) is 7.06. The van der Waals surface area contributed by atoms with Gasteiger partial charge in [-0.05, 0) is 68.4 Å². The maximum absolute atomic E-state index is 12.5. The summed E-state index contributed by atoms with van der Waals surface area (Å²) in [5, 5.41) is 3.54. The number of halogens is 1. The Bertz CT molecular complexity index is 759. The lowest BCUT2D eigenvalue weighted by Crippen LogP contribution is -2.37. The van der Waals surface area contributed by atoms with E-state index in [-0.39, 0.29) is 11.9 Å². The van der Waals surface area contributed by atoms with Gasteiger partial charge in [0.05, 0.1) is 11.1 Å². The van der Waals surface area contributed by atoms with Gasteiger partial charge in [0.15, 0.2) is 6.10 Å². The quantitative estimate of drug-likeness (QED) is 0.829. The van der Waals surface area contributed by atoms with Gasteiger partial charge in [0.25, 0.3) is 5.91 Å². The molecule has 2 aromatic carbocycles. The van der Waals surface area contributed by atoms with Crippen molar-refractivity contribution in [3.05, 3.63) is 64.2 Å². The summed E-state index contributed by atoms with van der Waals surface area (Å²) in [6.07, 6.45) is 4.21. The highest BCUT2D eigenvalue weighted by atomic mass is 35.5. The largest absolute Gasteiger partial charge is 0.479 e. The number of benzene rings is 2. The van der Waals surface area contributed by atoms with Gasteiger partial charge in [-0.25, -0.2) is 0 Å². The zero-order chi connectivity index (χ0) is 17.8. The number of carbonyl (C=O) groups is 1. The molecule has 0 aliphatic heterocycles. The lowest BCUT2D eigenvalue weighted by Gasteiger charge is -2.22. The average molecular weight is 358 g/mol. The van der Waals surface area contributed by atoms with Crippen LogP contribution in [0.2, 0.25) is 5.02 Å². The maximum atomic E-state index is 12.5. The number of rotatable bonds is 5. The van der Waals surface area contributed by atoms with Gasteiger partial charge in [-0.2, -0.15) is 0 Å². The maximum Gasteiger partial charge on any atom is 0.261 e. The highest BCUT2D eigenvalue weighted by Gasteiger charge is 2.19. The van der Waals surface area contributed by atoms with Gasteiger partial charge >= 0.3 is 0 Å². The number of carbonyl (C=O) groups excluding carboxylic acids is 1. The summed E-state index contributed by atoms with van der Waals surface area (Å²) < 4.78 is 5.69. The number of hydrogen-bond acceptors (Lipinski definition) is 2. The number of amides is 1. The monoisotopic (exact) mass is 357 g/mol. The Hall–Kier alpha value is -2.00. The minimum Gasteiger partial charge on any atom is -0.479 e. The van der Waals surface area contributed by atoms with E-state index >= 15 is 0 Å². The number of nitrogens with one attached hydrogen (secondary N) is 1. The molecule has 1 amide bonds. The molecule has 1 aliphatic rings. The standard InChI is InChI=1S/C21H24ClNO2/c1-14(17-12-11-16-7-3-4-8-18(16)13-17)23-21(24)15(2)25-20-10-6-5-9-19(20)22/h5-6,9-15H,3-4,7-8H2,1-2H3,(H,23,24). The number of aryl methyl sites for hydroxylation is 2. The molecule has 0 radical (unpaired) electrons. The van der Waals surface area contributed by atoms with Crippen LogP contribution in [0.25, 0.3) is 0 Å².